The zero-order chi connectivity index (χ0) is 30.0. The van der Waals surface area contributed by atoms with Gasteiger partial charge in [-0.3, -0.25) is 14.4 Å². The second-order valence-electron chi connectivity index (χ2n) is 11.3. The number of methoxy groups -OCH3 is 1. The summed E-state index contributed by atoms with van der Waals surface area (Å²) in [5.41, 5.74) is -4.64. The highest BCUT2D eigenvalue weighted by Gasteiger charge is 2.63. The van der Waals surface area contributed by atoms with Crippen LogP contribution in [-0.2, 0) is 25.5 Å². The van der Waals surface area contributed by atoms with Gasteiger partial charge in [-0.15, -0.1) is 0 Å². The number of Topliss-reactive ketones (excluding diaryl/α,β-unsaturated/α-hetero) is 3. The maximum atomic E-state index is 14.2. The first-order valence-electron chi connectivity index (χ1n) is 13.3. The third-order valence-corrected chi connectivity index (χ3v) is 9.09. The number of aliphatic hydroxyl groups excluding tert-OH is 3. The zero-order valence-corrected chi connectivity index (χ0v) is 22.3. The number of ketones is 3. The van der Waals surface area contributed by atoms with Crippen molar-refractivity contribution in [2.45, 2.75) is 43.8 Å². The highest BCUT2D eigenvalue weighted by Crippen LogP contribution is 2.59. The molecule has 2 bridgehead atoms. The Labute approximate surface area is 237 Å². The molecule has 2 aromatic rings. The van der Waals surface area contributed by atoms with Crippen LogP contribution in [0.25, 0.3) is 11.5 Å². The number of hydrogen-bond donors (Lipinski definition) is 5. The predicted molar refractivity (Wildman–Crippen MR) is 143 cm³/mol. The van der Waals surface area contributed by atoms with Crippen LogP contribution in [-0.4, -0.2) is 67.7 Å². The third kappa shape index (κ3) is 2.83. The Bertz CT molecular complexity index is 1830. The predicted octanol–water partition coefficient (Wildman–Crippen LogP) is 2.63. The Hall–Kier alpha value is -4.90. The monoisotopic (exact) mass is 572 g/mol. The fourth-order valence-electron chi connectivity index (χ4n) is 7.29. The van der Waals surface area contributed by atoms with E-state index in [1.807, 2.05) is 0 Å². The Morgan fingerprint density at radius 1 is 1.00 bits per heavy atom. The molecule has 42 heavy (non-hydrogen) atoms. The lowest BCUT2D eigenvalue weighted by Crippen LogP contribution is -2.61. The van der Waals surface area contributed by atoms with Gasteiger partial charge in [-0.2, -0.15) is 0 Å². The molecule has 0 unspecified atom stereocenters. The minimum atomic E-state index is -2.48. The lowest BCUT2D eigenvalue weighted by molar-refractivity contribution is -0.169. The molecule has 0 radical (unpaired) electrons. The second-order valence-corrected chi connectivity index (χ2v) is 11.3. The van der Waals surface area contributed by atoms with Gasteiger partial charge in [0.1, 0.15) is 40.4 Å². The van der Waals surface area contributed by atoms with Gasteiger partial charge >= 0.3 is 5.97 Å². The summed E-state index contributed by atoms with van der Waals surface area (Å²) in [6.07, 6.45) is 0.684. The van der Waals surface area contributed by atoms with Crippen LogP contribution in [0.2, 0.25) is 0 Å². The van der Waals surface area contributed by atoms with Crippen molar-refractivity contribution >= 4 is 34.8 Å². The number of fused-ring (bicyclic) bond motifs is 3. The number of phenols is 2. The number of hydrogen-bond acceptors (Lipinski definition) is 11. The molecule has 214 valence electrons. The Morgan fingerprint density at radius 2 is 1.69 bits per heavy atom. The molecule has 6 aliphatic rings. The first-order chi connectivity index (χ1) is 19.9. The number of aryl methyl sites for hydroxylation is 1. The Kier molecular flexibility index (Phi) is 5.02. The second kappa shape index (κ2) is 8.10. The van der Waals surface area contributed by atoms with Crippen molar-refractivity contribution in [1.29, 1.82) is 0 Å². The lowest BCUT2D eigenvalue weighted by atomic mass is 9.62. The molecule has 1 heterocycles. The van der Waals surface area contributed by atoms with E-state index < -0.39 is 69.2 Å². The van der Waals surface area contributed by atoms with E-state index in [4.69, 9.17) is 9.47 Å². The van der Waals surface area contributed by atoms with Crippen molar-refractivity contribution in [3.8, 4) is 17.2 Å². The van der Waals surface area contributed by atoms with E-state index >= 15 is 0 Å². The molecule has 1 aliphatic heterocycles. The summed E-state index contributed by atoms with van der Waals surface area (Å²) >= 11 is 0. The summed E-state index contributed by atoms with van der Waals surface area (Å²) in [6, 6.07) is 4.12. The van der Waals surface area contributed by atoms with Gasteiger partial charge < -0.3 is 35.0 Å². The van der Waals surface area contributed by atoms with Gasteiger partial charge in [0.15, 0.2) is 17.3 Å². The fourth-order valence-corrected chi connectivity index (χ4v) is 7.29. The number of rotatable bonds is 1. The van der Waals surface area contributed by atoms with Gasteiger partial charge in [0.25, 0.3) is 5.60 Å². The SMILES string of the molecule is COC(=O)[C@]12Oc3c(c(O)cc4c3[C@H]3C=C[C@@]5(C4)C(=O)c4cc(C)cc(O)c4C(O)=C5C3=O)C(O)=C1C(=O)CC[C@@H]2O. The molecule has 0 aromatic heterocycles. The topological polar surface area (TPSA) is 188 Å². The quantitative estimate of drug-likeness (QED) is 0.250. The first-order valence-corrected chi connectivity index (χ1v) is 13.3. The number of ether oxygens (including phenoxy) is 2. The van der Waals surface area contributed by atoms with Gasteiger partial charge in [-0.05, 0) is 49.1 Å². The minimum absolute atomic E-state index is 0.0187. The minimum Gasteiger partial charge on any atom is -0.507 e. The van der Waals surface area contributed by atoms with E-state index in [9.17, 15) is 44.7 Å². The summed E-state index contributed by atoms with van der Waals surface area (Å²) in [7, 11) is 1.02. The summed E-state index contributed by atoms with van der Waals surface area (Å²) < 4.78 is 11.1. The van der Waals surface area contributed by atoms with Gasteiger partial charge in [-0.1, -0.05) is 12.2 Å². The Morgan fingerprint density at radius 3 is 2.40 bits per heavy atom. The molecule has 11 heteroatoms. The van der Waals surface area contributed by atoms with Gasteiger partial charge in [0.2, 0.25) is 0 Å². The number of phenolic OH excluding ortho intramolecular Hbond substituents is 2. The van der Waals surface area contributed by atoms with Crippen LogP contribution in [0.15, 0.2) is 41.5 Å². The molecule has 0 amide bonds. The molecule has 11 nitrogen and oxygen atoms in total. The zero-order valence-electron chi connectivity index (χ0n) is 22.3. The van der Waals surface area contributed by atoms with Crippen molar-refractivity contribution in [2.75, 3.05) is 7.11 Å². The molecule has 5 N–H and O–H groups in total. The molecule has 8 rings (SSSR count). The first kappa shape index (κ1) is 26.0. The van der Waals surface area contributed by atoms with Gasteiger partial charge in [0.05, 0.1) is 35.2 Å². The number of esters is 1. The highest BCUT2D eigenvalue weighted by molar-refractivity contribution is 6.23. The lowest BCUT2D eigenvalue weighted by Gasteiger charge is -2.43. The maximum Gasteiger partial charge on any atom is 0.358 e. The van der Waals surface area contributed by atoms with Crippen LogP contribution in [0.3, 0.4) is 0 Å². The fraction of sp³-hybridized carbons (Fsp3) is 0.290. The number of aromatic hydroxyl groups is 2. The molecule has 1 fully saturated rings. The Balaban J connectivity index is 1.53. The number of benzene rings is 2. The van der Waals surface area contributed by atoms with Crippen LogP contribution >= 0.6 is 0 Å². The standard InChI is InChI=1S/C31H24O11/c1-11-7-14-20(16(33)8-11)25(37)23-24(36)13-5-6-30(23,28(14)39)10-12-9-17(34)21-26(38)22-15(32)3-4-18(35)31(22,29(40)41-2)42-27(21)19(12)13/h5-9,13,18,33-35,37-38H,3-4,10H2,1-2H3/t13-,18+,30+,31-/m1/s1. The maximum absolute atomic E-state index is 14.2. The number of aliphatic hydroxyl groups is 3. The average molecular weight is 573 g/mol. The van der Waals surface area contributed by atoms with Crippen LogP contribution in [0.5, 0.6) is 17.2 Å². The van der Waals surface area contributed by atoms with E-state index in [1.165, 1.54) is 30.4 Å². The molecule has 1 saturated carbocycles. The van der Waals surface area contributed by atoms with Gasteiger partial charge in [0, 0.05) is 17.5 Å². The summed E-state index contributed by atoms with van der Waals surface area (Å²) in [5.74, 6) is -6.98. The smallest absolute Gasteiger partial charge is 0.358 e. The van der Waals surface area contributed by atoms with E-state index in [0.717, 1.165) is 7.11 Å². The number of allylic oxidation sites excluding steroid dienone is 3. The van der Waals surface area contributed by atoms with Crippen molar-refractivity contribution in [2.24, 2.45) is 5.41 Å². The number of carbonyl (C=O) groups is 4. The normalized spacial score (nSPS) is 28.8. The molecular formula is C31H24O11. The van der Waals surface area contributed by atoms with Gasteiger partial charge in [-0.25, -0.2) is 4.79 Å². The summed E-state index contributed by atoms with van der Waals surface area (Å²) in [5, 5.41) is 55.6. The van der Waals surface area contributed by atoms with Crippen molar-refractivity contribution in [3.05, 3.63) is 74.9 Å². The van der Waals surface area contributed by atoms with E-state index in [0.29, 0.717) is 5.56 Å². The highest BCUT2D eigenvalue weighted by atomic mass is 16.6. The molecule has 4 atom stereocenters. The average Bonchev–Trinajstić information content (AvgIpc) is 3.16. The molecule has 5 aliphatic carbocycles. The largest absolute Gasteiger partial charge is 0.507 e. The van der Waals surface area contributed by atoms with E-state index in [2.05, 4.69) is 0 Å². The number of carbonyl (C=O) groups excluding carboxylic acids is 4. The summed E-state index contributed by atoms with van der Waals surface area (Å²) in [4.78, 5) is 54.5. The third-order valence-electron chi connectivity index (χ3n) is 9.09. The van der Waals surface area contributed by atoms with Crippen LogP contribution < -0.4 is 4.74 Å². The van der Waals surface area contributed by atoms with Crippen LogP contribution in [0.1, 0.15) is 56.9 Å². The molecule has 2 aromatic carbocycles. The molecule has 1 spiro atoms. The van der Waals surface area contributed by atoms with Crippen LogP contribution in [0.4, 0.5) is 0 Å². The van der Waals surface area contributed by atoms with E-state index in [1.54, 1.807) is 6.92 Å². The van der Waals surface area contributed by atoms with Crippen LogP contribution in [0, 0.1) is 12.3 Å². The van der Waals surface area contributed by atoms with Crippen molar-refractivity contribution in [3.63, 3.8) is 0 Å². The van der Waals surface area contributed by atoms with Crippen molar-refractivity contribution < 1.29 is 54.2 Å². The van der Waals surface area contributed by atoms with Crippen molar-refractivity contribution in [1.82, 2.24) is 0 Å². The van der Waals surface area contributed by atoms with E-state index in [-0.39, 0.29) is 64.2 Å². The molecule has 0 saturated heterocycles. The molecular weight excluding hydrogens is 548 g/mol. The summed E-state index contributed by atoms with van der Waals surface area (Å²) in [6.45, 7) is 1.67.